The van der Waals surface area contributed by atoms with E-state index in [0.29, 0.717) is 23.5 Å². The molecule has 27 heavy (non-hydrogen) atoms. The van der Waals surface area contributed by atoms with E-state index in [4.69, 9.17) is 0 Å². The lowest BCUT2D eigenvalue weighted by Gasteiger charge is -2.19. The first kappa shape index (κ1) is 20.8. The van der Waals surface area contributed by atoms with Crippen molar-refractivity contribution in [3.63, 3.8) is 0 Å². The highest BCUT2D eigenvalue weighted by Gasteiger charge is 2.31. The van der Waals surface area contributed by atoms with Crippen LogP contribution in [0.4, 0.5) is 24.5 Å². The van der Waals surface area contributed by atoms with Gasteiger partial charge in [0.2, 0.25) is 5.91 Å². The molecule has 2 N–H and O–H groups in total. The molecule has 0 aliphatic heterocycles. The standard InChI is InChI=1S/C18H20F3N3O2S/c1-24(2)14-8-7-12(18(19,20)21)11-13(14)23-16(25)6-3-9-22-17(26)15-5-4-10-27-15/h4-5,7-8,10-11H,3,6,9H2,1-2H3,(H,22,26)(H,23,25). The molecule has 1 aromatic heterocycles. The summed E-state index contributed by atoms with van der Waals surface area (Å²) in [6.07, 6.45) is -4.04. The molecule has 5 nitrogen and oxygen atoms in total. The fourth-order valence-electron chi connectivity index (χ4n) is 2.36. The van der Waals surface area contributed by atoms with E-state index in [1.807, 2.05) is 0 Å². The zero-order chi connectivity index (χ0) is 20.0. The Kier molecular flexibility index (Phi) is 6.84. The highest BCUT2D eigenvalue weighted by Crippen LogP contribution is 2.34. The second-order valence-electron chi connectivity index (χ2n) is 6.01. The molecule has 2 rings (SSSR count). The Balaban J connectivity index is 1.91. The lowest BCUT2D eigenvalue weighted by molar-refractivity contribution is -0.137. The third-order valence-electron chi connectivity index (χ3n) is 3.69. The van der Waals surface area contributed by atoms with Crippen molar-refractivity contribution >= 4 is 34.5 Å². The molecule has 0 aliphatic rings. The van der Waals surface area contributed by atoms with Crippen LogP contribution in [0.25, 0.3) is 0 Å². The molecule has 2 amide bonds. The van der Waals surface area contributed by atoms with Gasteiger partial charge < -0.3 is 15.5 Å². The topological polar surface area (TPSA) is 61.4 Å². The van der Waals surface area contributed by atoms with E-state index in [-0.39, 0.29) is 18.0 Å². The first-order chi connectivity index (χ1) is 12.7. The molecular weight excluding hydrogens is 379 g/mol. The van der Waals surface area contributed by atoms with E-state index in [9.17, 15) is 22.8 Å². The number of halogens is 3. The lowest BCUT2D eigenvalue weighted by atomic mass is 10.1. The van der Waals surface area contributed by atoms with Crippen LogP contribution in [0.5, 0.6) is 0 Å². The van der Waals surface area contributed by atoms with Gasteiger partial charge in [-0.1, -0.05) is 6.07 Å². The lowest BCUT2D eigenvalue weighted by Crippen LogP contribution is -2.25. The predicted octanol–water partition coefficient (Wildman–Crippen LogP) is 3.98. The van der Waals surface area contributed by atoms with E-state index in [0.717, 1.165) is 12.1 Å². The number of amides is 2. The van der Waals surface area contributed by atoms with Crippen molar-refractivity contribution in [1.82, 2.24) is 5.32 Å². The maximum absolute atomic E-state index is 12.9. The van der Waals surface area contributed by atoms with E-state index < -0.39 is 17.6 Å². The average Bonchev–Trinajstić information content (AvgIpc) is 3.12. The Morgan fingerprint density at radius 1 is 1.19 bits per heavy atom. The molecule has 0 unspecified atom stereocenters. The number of carbonyl (C=O) groups excluding carboxylic acids is 2. The fourth-order valence-corrected chi connectivity index (χ4v) is 3.00. The molecule has 2 aromatic rings. The molecule has 0 fully saturated rings. The quantitative estimate of drug-likeness (QED) is 0.693. The Labute approximate surface area is 159 Å². The summed E-state index contributed by atoms with van der Waals surface area (Å²) in [5.74, 6) is -0.624. The first-order valence-corrected chi connectivity index (χ1v) is 9.06. The number of hydrogen-bond acceptors (Lipinski definition) is 4. The summed E-state index contributed by atoms with van der Waals surface area (Å²) in [4.78, 5) is 26.1. The third kappa shape index (κ3) is 5.99. The number of nitrogens with zero attached hydrogens (tertiary/aromatic N) is 1. The molecule has 0 saturated carbocycles. The molecule has 1 heterocycles. The highest BCUT2D eigenvalue weighted by atomic mass is 32.1. The summed E-state index contributed by atoms with van der Waals surface area (Å²) in [6, 6.07) is 6.68. The molecule has 9 heteroatoms. The third-order valence-corrected chi connectivity index (χ3v) is 4.56. The SMILES string of the molecule is CN(C)c1ccc(C(F)(F)F)cc1NC(=O)CCCNC(=O)c1cccs1. The maximum Gasteiger partial charge on any atom is 0.416 e. The molecule has 0 atom stereocenters. The number of nitrogens with one attached hydrogen (secondary N) is 2. The van der Waals surface area contributed by atoms with E-state index in [2.05, 4.69) is 10.6 Å². The van der Waals surface area contributed by atoms with Crippen LogP contribution in [-0.2, 0) is 11.0 Å². The van der Waals surface area contributed by atoms with Crippen LogP contribution in [0.1, 0.15) is 28.1 Å². The summed E-state index contributed by atoms with van der Waals surface area (Å²) in [7, 11) is 3.36. The summed E-state index contributed by atoms with van der Waals surface area (Å²) in [5, 5.41) is 7.02. The number of carbonyl (C=O) groups is 2. The van der Waals surface area contributed by atoms with Crippen molar-refractivity contribution in [3.8, 4) is 0 Å². The van der Waals surface area contributed by atoms with Crippen LogP contribution in [0.3, 0.4) is 0 Å². The number of hydrogen-bond donors (Lipinski definition) is 2. The number of benzene rings is 1. The second-order valence-corrected chi connectivity index (χ2v) is 6.96. The summed E-state index contributed by atoms with van der Waals surface area (Å²) in [6.45, 7) is 0.299. The van der Waals surface area contributed by atoms with Gasteiger partial charge in [0.1, 0.15) is 0 Å². The minimum absolute atomic E-state index is 0.0772. The first-order valence-electron chi connectivity index (χ1n) is 8.18. The van der Waals surface area contributed by atoms with Gasteiger partial charge in [-0.15, -0.1) is 11.3 Å². The summed E-state index contributed by atoms with van der Waals surface area (Å²) >= 11 is 1.32. The molecule has 0 radical (unpaired) electrons. The van der Waals surface area contributed by atoms with Gasteiger partial charge in [0.25, 0.3) is 5.91 Å². The van der Waals surface area contributed by atoms with Crippen molar-refractivity contribution in [3.05, 3.63) is 46.2 Å². The molecule has 0 saturated heterocycles. The molecule has 146 valence electrons. The van der Waals surface area contributed by atoms with E-state index in [1.165, 1.54) is 17.4 Å². The van der Waals surface area contributed by atoms with Gasteiger partial charge in [-0.2, -0.15) is 13.2 Å². The Morgan fingerprint density at radius 3 is 2.52 bits per heavy atom. The normalized spacial score (nSPS) is 11.1. The summed E-state index contributed by atoms with van der Waals surface area (Å²) < 4.78 is 38.7. The number of anilines is 2. The van der Waals surface area contributed by atoms with Crippen LogP contribution >= 0.6 is 11.3 Å². The van der Waals surface area contributed by atoms with E-state index >= 15 is 0 Å². The zero-order valence-electron chi connectivity index (χ0n) is 14.9. The maximum atomic E-state index is 12.9. The van der Waals surface area contributed by atoms with Crippen LogP contribution < -0.4 is 15.5 Å². The minimum Gasteiger partial charge on any atom is -0.376 e. The van der Waals surface area contributed by atoms with Gasteiger partial charge in [0.05, 0.1) is 21.8 Å². The smallest absolute Gasteiger partial charge is 0.376 e. The molecule has 0 bridgehead atoms. The van der Waals surface area contributed by atoms with Crippen LogP contribution in [0.2, 0.25) is 0 Å². The monoisotopic (exact) mass is 399 g/mol. The average molecular weight is 399 g/mol. The van der Waals surface area contributed by atoms with Crippen LogP contribution in [-0.4, -0.2) is 32.5 Å². The molecule has 0 spiro atoms. The predicted molar refractivity (Wildman–Crippen MR) is 100 cm³/mol. The van der Waals surface area contributed by atoms with Crippen molar-refractivity contribution in [2.45, 2.75) is 19.0 Å². The minimum atomic E-state index is -4.49. The van der Waals surface area contributed by atoms with Crippen molar-refractivity contribution < 1.29 is 22.8 Å². The highest BCUT2D eigenvalue weighted by molar-refractivity contribution is 7.12. The van der Waals surface area contributed by atoms with Gasteiger partial charge >= 0.3 is 6.18 Å². The van der Waals surface area contributed by atoms with Crippen LogP contribution in [0, 0.1) is 0 Å². The van der Waals surface area contributed by atoms with Crippen LogP contribution in [0.15, 0.2) is 35.7 Å². The summed E-state index contributed by atoms with van der Waals surface area (Å²) in [5.41, 5.74) is -0.253. The fraction of sp³-hybridized carbons (Fsp3) is 0.333. The second kappa shape index (κ2) is 8.90. The van der Waals surface area contributed by atoms with Gasteiger partial charge in [0, 0.05) is 27.1 Å². The van der Waals surface area contributed by atoms with Gasteiger partial charge in [-0.05, 0) is 36.1 Å². The van der Waals surface area contributed by atoms with E-state index in [1.54, 1.807) is 36.5 Å². The largest absolute Gasteiger partial charge is 0.416 e. The number of alkyl halides is 3. The zero-order valence-corrected chi connectivity index (χ0v) is 15.7. The number of rotatable bonds is 7. The van der Waals surface area contributed by atoms with Crippen molar-refractivity contribution in [1.29, 1.82) is 0 Å². The Morgan fingerprint density at radius 2 is 1.93 bits per heavy atom. The number of thiophene rings is 1. The molecule has 0 aliphatic carbocycles. The van der Waals surface area contributed by atoms with Gasteiger partial charge in [-0.25, -0.2) is 0 Å². The van der Waals surface area contributed by atoms with Gasteiger partial charge in [-0.3, -0.25) is 9.59 Å². The Bertz CT molecular complexity index is 790. The molecule has 1 aromatic carbocycles. The molecular formula is C18H20F3N3O2S. The van der Waals surface area contributed by atoms with Crippen molar-refractivity contribution in [2.24, 2.45) is 0 Å². The van der Waals surface area contributed by atoms with Crippen molar-refractivity contribution in [2.75, 3.05) is 30.9 Å². The van der Waals surface area contributed by atoms with Gasteiger partial charge in [0.15, 0.2) is 0 Å². The Hall–Kier alpha value is -2.55.